The largest absolute Gasteiger partial charge is 0.469 e. The van der Waals surface area contributed by atoms with Gasteiger partial charge in [-0.1, -0.05) is 24.3 Å². The van der Waals surface area contributed by atoms with Gasteiger partial charge in [0.25, 0.3) is 0 Å². The minimum absolute atomic E-state index is 0.0869. The number of rotatable bonds is 5. The summed E-state index contributed by atoms with van der Waals surface area (Å²) in [6.07, 6.45) is -4.24. The van der Waals surface area contributed by atoms with Crippen LogP contribution in [0.15, 0.2) is 24.3 Å². The van der Waals surface area contributed by atoms with E-state index in [0.717, 1.165) is 0 Å². The molecule has 0 radical (unpaired) electrons. The fourth-order valence-electron chi connectivity index (χ4n) is 1.35. The van der Waals surface area contributed by atoms with Crippen LogP contribution in [0.25, 0.3) is 0 Å². The highest BCUT2D eigenvalue weighted by atomic mass is 19.4. The lowest BCUT2D eigenvalue weighted by atomic mass is 10.1. The first-order chi connectivity index (χ1) is 8.40. The number of benzene rings is 1. The van der Waals surface area contributed by atoms with E-state index in [4.69, 9.17) is 0 Å². The van der Waals surface area contributed by atoms with Crippen molar-refractivity contribution in [2.75, 3.05) is 13.7 Å². The molecular weight excluding hydrogens is 249 g/mol. The molecule has 0 bridgehead atoms. The van der Waals surface area contributed by atoms with Gasteiger partial charge in [-0.05, 0) is 11.1 Å². The van der Waals surface area contributed by atoms with Crippen molar-refractivity contribution in [1.29, 1.82) is 0 Å². The van der Waals surface area contributed by atoms with E-state index in [1.54, 1.807) is 24.3 Å². The Labute approximate surface area is 103 Å². The van der Waals surface area contributed by atoms with Gasteiger partial charge < -0.3 is 9.47 Å². The Morgan fingerprint density at radius 3 is 2.56 bits per heavy atom. The zero-order chi connectivity index (χ0) is 13.6. The number of methoxy groups -OCH3 is 1. The molecule has 0 saturated carbocycles. The maximum atomic E-state index is 11.9. The Kier molecular flexibility index (Phi) is 5.15. The summed E-state index contributed by atoms with van der Waals surface area (Å²) < 4.78 is 44.6. The molecule has 0 heterocycles. The SMILES string of the molecule is COC(=O)Cc1cccc(COCC(F)(F)F)c1. The Balaban J connectivity index is 2.52. The average molecular weight is 262 g/mol. The van der Waals surface area contributed by atoms with Gasteiger partial charge in [-0.15, -0.1) is 0 Å². The molecule has 1 aromatic carbocycles. The molecule has 0 aliphatic heterocycles. The third kappa shape index (κ3) is 5.67. The third-order valence-electron chi connectivity index (χ3n) is 2.10. The lowest BCUT2D eigenvalue weighted by molar-refractivity contribution is -0.176. The van der Waals surface area contributed by atoms with Crippen LogP contribution in [-0.4, -0.2) is 25.9 Å². The molecule has 18 heavy (non-hydrogen) atoms. The van der Waals surface area contributed by atoms with Crippen LogP contribution in [0.1, 0.15) is 11.1 Å². The molecule has 0 fully saturated rings. The van der Waals surface area contributed by atoms with Crippen molar-refractivity contribution in [2.45, 2.75) is 19.2 Å². The van der Waals surface area contributed by atoms with Gasteiger partial charge in [0.15, 0.2) is 0 Å². The summed E-state index contributed by atoms with van der Waals surface area (Å²) in [7, 11) is 1.28. The van der Waals surface area contributed by atoms with E-state index in [9.17, 15) is 18.0 Å². The van der Waals surface area contributed by atoms with Crippen molar-refractivity contribution >= 4 is 5.97 Å². The molecule has 100 valence electrons. The first-order valence-electron chi connectivity index (χ1n) is 5.20. The summed E-state index contributed by atoms with van der Waals surface area (Å²) in [6.45, 7) is -1.43. The number of carbonyl (C=O) groups is 1. The molecule has 0 aliphatic carbocycles. The fourth-order valence-corrected chi connectivity index (χ4v) is 1.35. The Hall–Kier alpha value is -1.56. The first-order valence-corrected chi connectivity index (χ1v) is 5.20. The van der Waals surface area contributed by atoms with Gasteiger partial charge in [0, 0.05) is 0 Å². The minimum atomic E-state index is -4.33. The standard InChI is InChI=1S/C12H13F3O3/c1-17-11(16)6-9-3-2-4-10(5-9)7-18-8-12(13,14)15/h2-5H,6-8H2,1H3. The van der Waals surface area contributed by atoms with Crippen molar-refractivity contribution in [3.05, 3.63) is 35.4 Å². The number of ether oxygens (including phenoxy) is 2. The average Bonchev–Trinajstić information content (AvgIpc) is 2.27. The molecule has 0 N–H and O–H groups in total. The smallest absolute Gasteiger partial charge is 0.411 e. The van der Waals surface area contributed by atoms with Gasteiger partial charge in [0.1, 0.15) is 6.61 Å². The van der Waals surface area contributed by atoms with E-state index < -0.39 is 18.8 Å². The second kappa shape index (κ2) is 6.39. The zero-order valence-electron chi connectivity index (χ0n) is 9.79. The van der Waals surface area contributed by atoms with Crippen LogP contribution in [0.5, 0.6) is 0 Å². The molecule has 1 rings (SSSR count). The van der Waals surface area contributed by atoms with Crippen molar-refractivity contribution in [1.82, 2.24) is 0 Å². The number of esters is 1. The quantitative estimate of drug-likeness (QED) is 0.765. The Morgan fingerprint density at radius 2 is 1.94 bits per heavy atom. The van der Waals surface area contributed by atoms with Crippen LogP contribution in [-0.2, 0) is 27.3 Å². The van der Waals surface area contributed by atoms with Crippen molar-refractivity contribution in [2.24, 2.45) is 0 Å². The lowest BCUT2D eigenvalue weighted by Crippen LogP contribution is -2.16. The van der Waals surface area contributed by atoms with E-state index in [2.05, 4.69) is 9.47 Å². The highest BCUT2D eigenvalue weighted by Gasteiger charge is 2.27. The van der Waals surface area contributed by atoms with Gasteiger partial charge >= 0.3 is 12.1 Å². The fraction of sp³-hybridized carbons (Fsp3) is 0.417. The number of halogens is 3. The van der Waals surface area contributed by atoms with E-state index in [1.807, 2.05) is 0 Å². The topological polar surface area (TPSA) is 35.5 Å². The Morgan fingerprint density at radius 1 is 1.28 bits per heavy atom. The monoisotopic (exact) mass is 262 g/mol. The number of hydrogen-bond donors (Lipinski definition) is 0. The highest BCUT2D eigenvalue weighted by Crippen LogP contribution is 2.16. The minimum Gasteiger partial charge on any atom is -0.469 e. The lowest BCUT2D eigenvalue weighted by Gasteiger charge is -2.08. The van der Waals surface area contributed by atoms with Crippen LogP contribution in [0.3, 0.4) is 0 Å². The van der Waals surface area contributed by atoms with Gasteiger partial charge in [0.2, 0.25) is 0 Å². The molecule has 0 amide bonds. The molecule has 0 aliphatic rings. The van der Waals surface area contributed by atoms with E-state index >= 15 is 0 Å². The van der Waals surface area contributed by atoms with Gasteiger partial charge in [0.05, 0.1) is 20.1 Å². The predicted molar refractivity (Wildman–Crippen MR) is 57.9 cm³/mol. The second-order valence-electron chi connectivity index (χ2n) is 3.68. The third-order valence-corrected chi connectivity index (χ3v) is 2.10. The van der Waals surface area contributed by atoms with E-state index in [0.29, 0.717) is 11.1 Å². The zero-order valence-corrected chi connectivity index (χ0v) is 9.79. The van der Waals surface area contributed by atoms with Crippen LogP contribution < -0.4 is 0 Å². The number of hydrogen-bond acceptors (Lipinski definition) is 3. The predicted octanol–water partition coefficient (Wildman–Crippen LogP) is 2.48. The van der Waals surface area contributed by atoms with Gasteiger partial charge in [-0.3, -0.25) is 4.79 Å². The number of alkyl halides is 3. The number of carbonyl (C=O) groups excluding carboxylic acids is 1. The summed E-state index contributed by atoms with van der Waals surface area (Å²) in [6, 6.07) is 6.61. The van der Waals surface area contributed by atoms with Crippen LogP contribution >= 0.6 is 0 Å². The molecule has 0 unspecified atom stereocenters. The van der Waals surface area contributed by atoms with Crippen LogP contribution in [0.2, 0.25) is 0 Å². The Bertz CT molecular complexity index is 402. The molecule has 6 heteroatoms. The first kappa shape index (κ1) is 14.5. The molecule has 1 aromatic rings. The normalized spacial score (nSPS) is 11.3. The van der Waals surface area contributed by atoms with Crippen LogP contribution in [0.4, 0.5) is 13.2 Å². The maximum Gasteiger partial charge on any atom is 0.411 e. The molecule has 0 spiro atoms. The van der Waals surface area contributed by atoms with Crippen molar-refractivity contribution in [3.63, 3.8) is 0 Å². The summed E-state index contributed by atoms with van der Waals surface area (Å²) >= 11 is 0. The summed E-state index contributed by atoms with van der Waals surface area (Å²) in [5.74, 6) is -0.400. The molecule has 0 saturated heterocycles. The highest BCUT2D eigenvalue weighted by molar-refractivity contribution is 5.72. The molecular formula is C12H13F3O3. The van der Waals surface area contributed by atoms with Crippen molar-refractivity contribution in [3.8, 4) is 0 Å². The summed E-state index contributed by atoms with van der Waals surface area (Å²) in [5.41, 5.74) is 1.26. The summed E-state index contributed by atoms with van der Waals surface area (Å²) in [4.78, 5) is 11.0. The second-order valence-corrected chi connectivity index (χ2v) is 3.68. The van der Waals surface area contributed by atoms with E-state index in [1.165, 1.54) is 7.11 Å². The summed E-state index contributed by atoms with van der Waals surface area (Å²) in [5, 5.41) is 0. The van der Waals surface area contributed by atoms with Gasteiger partial charge in [-0.2, -0.15) is 13.2 Å². The molecule has 3 nitrogen and oxygen atoms in total. The van der Waals surface area contributed by atoms with E-state index in [-0.39, 0.29) is 13.0 Å². The van der Waals surface area contributed by atoms with Crippen LogP contribution in [0, 0.1) is 0 Å². The van der Waals surface area contributed by atoms with Gasteiger partial charge in [-0.25, -0.2) is 0 Å². The van der Waals surface area contributed by atoms with Crippen molar-refractivity contribution < 1.29 is 27.4 Å². The molecule has 0 aromatic heterocycles. The molecule has 0 atom stereocenters. The maximum absolute atomic E-state index is 11.9.